The summed E-state index contributed by atoms with van der Waals surface area (Å²) in [6.45, 7) is 4.74. The van der Waals surface area contributed by atoms with E-state index in [-0.39, 0.29) is 19.1 Å². The summed E-state index contributed by atoms with van der Waals surface area (Å²) in [7, 11) is 1.60. The highest BCUT2D eigenvalue weighted by atomic mass is 31.2. The molecule has 44 heavy (non-hydrogen) atoms. The Morgan fingerprint density at radius 1 is 0.773 bits per heavy atom. The highest BCUT2D eigenvalue weighted by molar-refractivity contribution is 7.47. The molecule has 0 aromatic rings. The Morgan fingerprint density at radius 2 is 1.30 bits per heavy atom. The van der Waals surface area contributed by atoms with Crippen LogP contribution < -0.4 is 5.32 Å². The second-order valence-electron chi connectivity index (χ2n) is 13.2. The van der Waals surface area contributed by atoms with E-state index in [1.54, 1.807) is 0 Å². The lowest BCUT2D eigenvalue weighted by Gasteiger charge is -2.26. The van der Waals surface area contributed by atoms with Gasteiger partial charge in [0.1, 0.15) is 13.2 Å². The standard InChI is InChI=1S/C35H69N2O6P/c1-6-8-10-12-13-14-15-16-17-18-19-20-21-22-23-25-27-29-35(39)36-33(34(38)28-26-24-11-9-7-2)32-43-44(40,41)42-31-30-37(3,4)5/h13-14,16-17,33-34,38H,6-12,15,18-32H2,1-5H3,(H-,36,39,40,41)/p+1/b14-13-,17-16-. The minimum absolute atomic E-state index is 0.0719. The second-order valence-corrected chi connectivity index (χ2v) is 14.7. The lowest BCUT2D eigenvalue weighted by Crippen LogP contribution is -2.46. The van der Waals surface area contributed by atoms with Gasteiger partial charge in [0.05, 0.1) is 39.9 Å². The zero-order chi connectivity index (χ0) is 32.9. The molecule has 260 valence electrons. The highest BCUT2D eigenvalue weighted by Gasteiger charge is 2.28. The molecule has 3 unspecified atom stereocenters. The number of likely N-dealkylation sites (N-methyl/N-ethyl adjacent to an activating group) is 1. The normalized spacial score (nSPS) is 15.2. The third-order valence-electron chi connectivity index (χ3n) is 7.70. The average molecular weight is 646 g/mol. The molecule has 8 nitrogen and oxygen atoms in total. The molecule has 0 aliphatic rings. The summed E-state index contributed by atoms with van der Waals surface area (Å²) in [5, 5.41) is 13.7. The van der Waals surface area contributed by atoms with E-state index in [1.165, 1.54) is 51.4 Å². The molecular weight excluding hydrogens is 575 g/mol. The van der Waals surface area contributed by atoms with Crippen molar-refractivity contribution in [1.82, 2.24) is 5.32 Å². The molecule has 0 saturated carbocycles. The van der Waals surface area contributed by atoms with Crippen LogP contribution in [0.1, 0.15) is 142 Å². The molecule has 0 saturated heterocycles. The van der Waals surface area contributed by atoms with E-state index in [2.05, 4.69) is 43.5 Å². The molecule has 0 bridgehead atoms. The van der Waals surface area contributed by atoms with Crippen molar-refractivity contribution in [2.45, 2.75) is 154 Å². The number of phosphoric ester groups is 1. The molecule has 3 N–H and O–H groups in total. The molecule has 3 atom stereocenters. The Morgan fingerprint density at radius 3 is 1.91 bits per heavy atom. The number of carbonyl (C=O) groups excluding carboxylic acids is 1. The third kappa shape index (κ3) is 29.7. The van der Waals surface area contributed by atoms with Crippen molar-refractivity contribution in [3.05, 3.63) is 24.3 Å². The zero-order valence-electron chi connectivity index (χ0n) is 29.1. The molecule has 0 fully saturated rings. The van der Waals surface area contributed by atoms with Crippen LogP contribution >= 0.6 is 7.82 Å². The molecule has 0 aliphatic carbocycles. The molecule has 1 amide bonds. The van der Waals surface area contributed by atoms with Gasteiger partial charge in [0.15, 0.2) is 0 Å². The highest BCUT2D eigenvalue weighted by Crippen LogP contribution is 2.43. The van der Waals surface area contributed by atoms with Gasteiger partial charge in [0, 0.05) is 6.42 Å². The van der Waals surface area contributed by atoms with E-state index in [0.717, 1.165) is 64.2 Å². The van der Waals surface area contributed by atoms with Gasteiger partial charge in [-0.3, -0.25) is 13.8 Å². The van der Waals surface area contributed by atoms with Crippen LogP contribution in [0.15, 0.2) is 24.3 Å². The van der Waals surface area contributed by atoms with Crippen molar-refractivity contribution in [3.63, 3.8) is 0 Å². The van der Waals surface area contributed by atoms with Crippen LogP contribution in [0.4, 0.5) is 0 Å². The minimum atomic E-state index is -4.29. The molecular formula is C35H70N2O6P+. The number of nitrogens with one attached hydrogen (secondary N) is 1. The summed E-state index contributed by atoms with van der Waals surface area (Å²) in [6, 6.07) is -0.757. The van der Waals surface area contributed by atoms with Crippen molar-refractivity contribution in [1.29, 1.82) is 0 Å². The first-order chi connectivity index (χ1) is 21.0. The number of hydrogen-bond donors (Lipinski definition) is 3. The molecule has 0 aliphatic heterocycles. The number of hydrogen-bond acceptors (Lipinski definition) is 5. The SMILES string of the molecule is CCCCC/C=C\C/C=C\CCCCCCCCCC(=O)NC(COP(=O)(O)OCC[N+](C)(C)C)C(O)CCCCCCC. The number of amides is 1. The Labute approximate surface area is 271 Å². The van der Waals surface area contributed by atoms with Crippen LogP contribution in [0.3, 0.4) is 0 Å². The first-order valence-corrected chi connectivity index (χ1v) is 19.2. The lowest BCUT2D eigenvalue weighted by atomic mass is 10.0. The number of unbranched alkanes of at least 4 members (excludes halogenated alkanes) is 14. The Kier molecular flexibility index (Phi) is 27.6. The van der Waals surface area contributed by atoms with E-state index >= 15 is 0 Å². The number of nitrogens with zero attached hydrogens (tertiary/aromatic N) is 1. The Hall–Kier alpha value is -1.02. The van der Waals surface area contributed by atoms with Crippen LogP contribution in [0.2, 0.25) is 0 Å². The first kappa shape index (κ1) is 43.0. The summed E-state index contributed by atoms with van der Waals surface area (Å²) in [5.74, 6) is -0.162. The van der Waals surface area contributed by atoms with Crippen molar-refractivity contribution in [3.8, 4) is 0 Å². The van der Waals surface area contributed by atoms with Crippen LogP contribution in [0, 0.1) is 0 Å². The number of rotatable bonds is 31. The zero-order valence-corrected chi connectivity index (χ0v) is 30.0. The van der Waals surface area contributed by atoms with Crippen molar-refractivity contribution >= 4 is 13.7 Å². The molecule has 0 rings (SSSR count). The number of carbonyl (C=O) groups is 1. The first-order valence-electron chi connectivity index (χ1n) is 17.7. The van der Waals surface area contributed by atoms with Gasteiger partial charge in [-0.1, -0.05) is 115 Å². The van der Waals surface area contributed by atoms with Crippen LogP contribution in [0.25, 0.3) is 0 Å². The van der Waals surface area contributed by atoms with E-state index < -0.39 is 20.0 Å². The number of phosphoric acid groups is 1. The van der Waals surface area contributed by atoms with E-state index in [4.69, 9.17) is 9.05 Å². The van der Waals surface area contributed by atoms with E-state index in [0.29, 0.717) is 23.9 Å². The maximum Gasteiger partial charge on any atom is 0.472 e. The topological polar surface area (TPSA) is 105 Å². The number of quaternary nitrogens is 1. The van der Waals surface area contributed by atoms with Gasteiger partial charge in [-0.25, -0.2) is 4.57 Å². The van der Waals surface area contributed by atoms with E-state index in [9.17, 15) is 19.4 Å². The van der Waals surface area contributed by atoms with Crippen LogP contribution in [0.5, 0.6) is 0 Å². The molecule has 9 heteroatoms. The fourth-order valence-corrected chi connectivity index (χ4v) is 5.51. The summed E-state index contributed by atoms with van der Waals surface area (Å²) >= 11 is 0. The Bertz CT molecular complexity index is 784. The summed E-state index contributed by atoms with van der Waals surface area (Å²) in [5.41, 5.74) is 0. The quantitative estimate of drug-likeness (QED) is 0.0302. The van der Waals surface area contributed by atoms with Gasteiger partial charge in [-0.05, 0) is 44.9 Å². The number of aliphatic hydroxyl groups is 1. The van der Waals surface area contributed by atoms with Gasteiger partial charge in [0.2, 0.25) is 5.91 Å². The monoisotopic (exact) mass is 645 g/mol. The average Bonchev–Trinajstić information content (AvgIpc) is 2.95. The summed E-state index contributed by atoms with van der Waals surface area (Å²) in [4.78, 5) is 22.8. The fourth-order valence-electron chi connectivity index (χ4n) is 4.78. The largest absolute Gasteiger partial charge is 0.472 e. The third-order valence-corrected chi connectivity index (χ3v) is 8.69. The lowest BCUT2D eigenvalue weighted by molar-refractivity contribution is -0.870. The van der Waals surface area contributed by atoms with Gasteiger partial charge in [-0.15, -0.1) is 0 Å². The molecule has 0 aromatic carbocycles. The number of allylic oxidation sites excluding steroid dienone is 4. The second kappa shape index (κ2) is 28.2. The molecule has 0 radical (unpaired) electrons. The van der Waals surface area contributed by atoms with Gasteiger partial charge in [-0.2, -0.15) is 0 Å². The van der Waals surface area contributed by atoms with Gasteiger partial charge in [0.25, 0.3) is 0 Å². The van der Waals surface area contributed by atoms with E-state index in [1.807, 2.05) is 21.1 Å². The number of aliphatic hydroxyl groups excluding tert-OH is 1. The minimum Gasteiger partial charge on any atom is -0.391 e. The fraction of sp³-hybridized carbons (Fsp3) is 0.857. The summed E-state index contributed by atoms with van der Waals surface area (Å²) < 4.78 is 23.3. The van der Waals surface area contributed by atoms with Crippen LogP contribution in [-0.4, -0.2) is 73.4 Å². The molecule has 0 aromatic heterocycles. The predicted octanol–water partition coefficient (Wildman–Crippen LogP) is 8.63. The molecule has 0 heterocycles. The smallest absolute Gasteiger partial charge is 0.391 e. The van der Waals surface area contributed by atoms with Crippen molar-refractivity contribution in [2.24, 2.45) is 0 Å². The van der Waals surface area contributed by atoms with Crippen LogP contribution in [-0.2, 0) is 18.4 Å². The van der Waals surface area contributed by atoms with Crippen molar-refractivity contribution < 1.29 is 32.9 Å². The van der Waals surface area contributed by atoms with Gasteiger partial charge < -0.3 is 19.8 Å². The molecule has 0 spiro atoms. The summed E-state index contributed by atoms with van der Waals surface area (Å²) in [6.07, 6.45) is 29.5. The predicted molar refractivity (Wildman–Crippen MR) is 185 cm³/mol. The van der Waals surface area contributed by atoms with Crippen molar-refractivity contribution in [2.75, 3.05) is 40.9 Å². The Balaban J connectivity index is 4.29. The van der Waals surface area contributed by atoms with Gasteiger partial charge >= 0.3 is 7.82 Å². The maximum absolute atomic E-state index is 12.7. The maximum atomic E-state index is 12.7.